The third-order valence-corrected chi connectivity index (χ3v) is 4.79. The number of carboxylic acids is 1. The highest BCUT2D eigenvalue weighted by Crippen LogP contribution is 2.40. The summed E-state index contributed by atoms with van der Waals surface area (Å²) in [5.74, 6) is -2.60. The van der Waals surface area contributed by atoms with Crippen molar-refractivity contribution < 1.29 is 28.2 Å². The molecule has 1 N–H and O–H groups in total. The Morgan fingerprint density at radius 1 is 1.04 bits per heavy atom. The normalized spacial score (nSPS) is 21.5. The number of hydrogen-bond acceptors (Lipinski definition) is 4. The molecule has 4 rings (SSSR count). The van der Waals surface area contributed by atoms with Crippen LogP contribution in [-0.2, 0) is 6.42 Å². The molecule has 0 aromatic heterocycles. The Kier molecular flexibility index (Phi) is 4.24. The molecule has 5 nitrogen and oxygen atoms in total. The molecular weight excluding hydrogens is 344 g/mol. The van der Waals surface area contributed by atoms with E-state index in [1.54, 1.807) is 24.3 Å². The topological polar surface area (TPSA) is 59.0 Å². The van der Waals surface area contributed by atoms with E-state index in [1.165, 1.54) is 0 Å². The van der Waals surface area contributed by atoms with Gasteiger partial charge in [-0.1, -0.05) is 18.2 Å². The largest absolute Gasteiger partial charge is 0.478 e. The SMILES string of the molecule is O=C(O)c1ccccc1CCN1C[C@@H]2Oc3c(F)ccc(F)c3O[C@@H]2C1. The summed E-state index contributed by atoms with van der Waals surface area (Å²) in [5, 5.41) is 9.25. The summed E-state index contributed by atoms with van der Waals surface area (Å²) in [4.78, 5) is 13.3. The molecular formula is C19H17F2NO4. The van der Waals surface area contributed by atoms with Gasteiger partial charge in [-0.15, -0.1) is 0 Å². The maximum absolute atomic E-state index is 13.9. The third kappa shape index (κ3) is 2.99. The number of nitrogens with zero attached hydrogens (tertiary/aromatic N) is 1. The number of rotatable bonds is 4. The first-order chi connectivity index (χ1) is 12.5. The first-order valence-corrected chi connectivity index (χ1v) is 8.38. The Hall–Kier alpha value is -2.67. The minimum Gasteiger partial charge on any atom is -0.478 e. The highest BCUT2D eigenvalue weighted by Gasteiger charge is 2.41. The summed E-state index contributed by atoms with van der Waals surface area (Å²) in [7, 11) is 0. The number of carbonyl (C=O) groups is 1. The molecule has 136 valence electrons. The van der Waals surface area contributed by atoms with Crippen LogP contribution in [0.2, 0.25) is 0 Å². The summed E-state index contributed by atoms with van der Waals surface area (Å²) in [5.41, 5.74) is 1.03. The Balaban J connectivity index is 1.44. The van der Waals surface area contributed by atoms with E-state index in [2.05, 4.69) is 4.90 Å². The Morgan fingerprint density at radius 2 is 1.62 bits per heavy atom. The summed E-state index contributed by atoms with van der Waals surface area (Å²) in [6, 6.07) is 8.91. The van der Waals surface area contributed by atoms with Gasteiger partial charge in [0, 0.05) is 19.6 Å². The second-order valence-corrected chi connectivity index (χ2v) is 6.47. The minimum absolute atomic E-state index is 0.177. The molecule has 1 fully saturated rings. The summed E-state index contributed by atoms with van der Waals surface area (Å²) < 4.78 is 39.0. The molecule has 1 saturated heterocycles. The van der Waals surface area contributed by atoms with Crippen molar-refractivity contribution in [2.45, 2.75) is 18.6 Å². The number of benzene rings is 2. The van der Waals surface area contributed by atoms with Crippen LogP contribution in [0.15, 0.2) is 36.4 Å². The number of aromatic carboxylic acids is 1. The van der Waals surface area contributed by atoms with Crippen molar-refractivity contribution in [1.82, 2.24) is 4.90 Å². The van der Waals surface area contributed by atoms with Crippen LogP contribution in [0.1, 0.15) is 15.9 Å². The van der Waals surface area contributed by atoms with Gasteiger partial charge in [0.25, 0.3) is 0 Å². The van der Waals surface area contributed by atoms with E-state index in [4.69, 9.17) is 9.47 Å². The molecule has 0 unspecified atom stereocenters. The van der Waals surface area contributed by atoms with E-state index >= 15 is 0 Å². The molecule has 0 radical (unpaired) electrons. The predicted octanol–water partition coefficient (Wildman–Crippen LogP) is 2.73. The average Bonchev–Trinajstić information content (AvgIpc) is 3.04. The molecule has 7 heteroatoms. The number of ether oxygens (including phenoxy) is 2. The molecule has 2 atom stereocenters. The Morgan fingerprint density at radius 3 is 2.19 bits per heavy atom. The fourth-order valence-corrected chi connectivity index (χ4v) is 3.49. The van der Waals surface area contributed by atoms with Gasteiger partial charge in [-0.05, 0) is 30.2 Å². The minimum atomic E-state index is -0.955. The quantitative estimate of drug-likeness (QED) is 0.908. The predicted molar refractivity (Wildman–Crippen MR) is 88.7 cm³/mol. The van der Waals surface area contributed by atoms with Crippen molar-refractivity contribution in [3.05, 3.63) is 59.2 Å². The molecule has 26 heavy (non-hydrogen) atoms. The maximum atomic E-state index is 13.9. The van der Waals surface area contributed by atoms with E-state index in [1.807, 2.05) is 0 Å². The molecule has 0 aliphatic carbocycles. The number of hydrogen-bond donors (Lipinski definition) is 1. The van der Waals surface area contributed by atoms with Crippen LogP contribution in [0, 0.1) is 11.6 Å². The lowest BCUT2D eigenvalue weighted by molar-refractivity contribution is 0.0467. The fraction of sp³-hybridized carbons (Fsp3) is 0.316. The van der Waals surface area contributed by atoms with Crippen LogP contribution in [0.4, 0.5) is 8.78 Å². The van der Waals surface area contributed by atoms with Crippen molar-refractivity contribution in [2.24, 2.45) is 0 Å². The molecule has 0 spiro atoms. The lowest BCUT2D eigenvalue weighted by Crippen LogP contribution is -2.39. The summed E-state index contributed by atoms with van der Waals surface area (Å²) >= 11 is 0. The second-order valence-electron chi connectivity index (χ2n) is 6.47. The van der Waals surface area contributed by atoms with Crippen molar-refractivity contribution >= 4 is 5.97 Å². The van der Waals surface area contributed by atoms with Gasteiger partial charge in [0.2, 0.25) is 11.5 Å². The number of fused-ring (bicyclic) bond motifs is 2. The zero-order valence-electron chi connectivity index (χ0n) is 13.8. The van der Waals surface area contributed by atoms with Gasteiger partial charge in [0.15, 0.2) is 11.6 Å². The Bertz CT molecular complexity index is 818. The van der Waals surface area contributed by atoms with Crippen molar-refractivity contribution in [3.63, 3.8) is 0 Å². The van der Waals surface area contributed by atoms with Gasteiger partial charge in [-0.2, -0.15) is 0 Å². The first-order valence-electron chi connectivity index (χ1n) is 8.38. The van der Waals surface area contributed by atoms with E-state index in [0.717, 1.165) is 17.7 Å². The van der Waals surface area contributed by atoms with Crippen LogP contribution in [-0.4, -0.2) is 47.8 Å². The zero-order chi connectivity index (χ0) is 18.3. The van der Waals surface area contributed by atoms with Crippen LogP contribution in [0.3, 0.4) is 0 Å². The smallest absolute Gasteiger partial charge is 0.335 e. The third-order valence-electron chi connectivity index (χ3n) is 4.79. The highest BCUT2D eigenvalue weighted by atomic mass is 19.1. The van der Waals surface area contributed by atoms with Gasteiger partial charge < -0.3 is 14.6 Å². The van der Waals surface area contributed by atoms with Crippen molar-refractivity contribution in [3.8, 4) is 11.5 Å². The molecule has 2 heterocycles. The van der Waals surface area contributed by atoms with Gasteiger partial charge >= 0.3 is 5.97 Å². The van der Waals surface area contributed by atoms with E-state index in [9.17, 15) is 18.7 Å². The zero-order valence-corrected chi connectivity index (χ0v) is 13.8. The standard InChI is InChI=1S/C19H17F2NO4/c20-13-5-6-14(21)18-17(13)25-15-9-22(10-16(15)26-18)8-7-11-3-1-2-4-12(11)19(23)24/h1-6,15-16H,7-10H2,(H,23,24)/t15-,16+. The lowest BCUT2D eigenvalue weighted by atomic mass is 10.0. The number of carboxylic acid groups (broad SMARTS) is 1. The van der Waals surface area contributed by atoms with Crippen LogP contribution < -0.4 is 9.47 Å². The van der Waals surface area contributed by atoms with Crippen LogP contribution >= 0.6 is 0 Å². The van der Waals surface area contributed by atoms with E-state index < -0.39 is 17.6 Å². The van der Waals surface area contributed by atoms with Crippen LogP contribution in [0.25, 0.3) is 0 Å². The number of halogens is 2. The molecule has 2 aromatic carbocycles. The maximum Gasteiger partial charge on any atom is 0.335 e. The Labute approximate surface area is 148 Å². The van der Waals surface area contributed by atoms with Gasteiger partial charge in [-0.3, -0.25) is 4.90 Å². The second kappa shape index (κ2) is 6.57. The monoisotopic (exact) mass is 361 g/mol. The van der Waals surface area contributed by atoms with Gasteiger partial charge in [-0.25, -0.2) is 13.6 Å². The lowest BCUT2D eigenvalue weighted by Gasteiger charge is -2.28. The molecule has 0 amide bonds. The molecule has 0 bridgehead atoms. The first kappa shape index (κ1) is 16.8. The van der Waals surface area contributed by atoms with Crippen LogP contribution in [0.5, 0.6) is 11.5 Å². The van der Waals surface area contributed by atoms with Crippen molar-refractivity contribution in [2.75, 3.05) is 19.6 Å². The highest BCUT2D eigenvalue weighted by molar-refractivity contribution is 5.89. The number of likely N-dealkylation sites (tertiary alicyclic amines) is 1. The average molecular weight is 361 g/mol. The molecule has 2 aliphatic rings. The van der Waals surface area contributed by atoms with Crippen molar-refractivity contribution in [1.29, 1.82) is 0 Å². The molecule has 0 saturated carbocycles. The fourth-order valence-electron chi connectivity index (χ4n) is 3.49. The summed E-state index contributed by atoms with van der Waals surface area (Å²) in [6.45, 7) is 1.62. The van der Waals surface area contributed by atoms with Gasteiger partial charge in [0.1, 0.15) is 12.2 Å². The summed E-state index contributed by atoms with van der Waals surface area (Å²) in [6.07, 6.45) is -0.209. The van der Waals surface area contributed by atoms with E-state index in [0.29, 0.717) is 26.1 Å². The molecule has 2 aliphatic heterocycles. The van der Waals surface area contributed by atoms with E-state index in [-0.39, 0.29) is 29.3 Å². The molecule has 2 aromatic rings. The van der Waals surface area contributed by atoms with Gasteiger partial charge in [0.05, 0.1) is 5.56 Å².